The summed E-state index contributed by atoms with van der Waals surface area (Å²) in [7, 11) is 0. The summed E-state index contributed by atoms with van der Waals surface area (Å²) in [6.45, 7) is 5.87. The number of nitrogens with zero attached hydrogens (tertiary/aromatic N) is 1. The molecule has 0 aliphatic rings. The molecule has 0 radical (unpaired) electrons. The molecule has 31 heavy (non-hydrogen) atoms. The lowest BCUT2D eigenvalue weighted by Crippen LogP contribution is -2.51. The van der Waals surface area contributed by atoms with Gasteiger partial charge in [0.1, 0.15) is 11.8 Å². The van der Waals surface area contributed by atoms with Gasteiger partial charge in [-0.15, -0.1) is 0 Å². The molecule has 0 fully saturated rings. The third-order valence-corrected chi connectivity index (χ3v) is 6.36. The zero-order valence-electron chi connectivity index (χ0n) is 17.8. The number of benzene rings is 2. The summed E-state index contributed by atoms with van der Waals surface area (Å²) in [5.74, 6) is 0.135. The van der Waals surface area contributed by atoms with Gasteiger partial charge in [-0.25, -0.2) is 0 Å². The van der Waals surface area contributed by atoms with Gasteiger partial charge in [0.05, 0.1) is 10.0 Å². The van der Waals surface area contributed by atoms with E-state index >= 15 is 0 Å². The van der Waals surface area contributed by atoms with Gasteiger partial charge in [0.25, 0.3) is 5.91 Å². The van der Waals surface area contributed by atoms with E-state index in [0.717, 1.165) is 15.6 Å². The number of amides is 2. The minimum atomic E-state index is -0.628. The Kier molecular flexibility index (Phi) is 10.4. The average Bonchev–Trinajstić information content (AvgIpc) is 2.75. The Bertz CT molecular complexity index is 893. The minimum absolute atomic E-state index is 0.0199. The first kappa shape index (κ1) is 25.7. The SMILES string of the molecule is CC[C@H](C)NC(=O)[C@H](CC)N(Cc1ccc(Cl)c(Cl)c1)C(=O)COc1ccc(I)cc1. The number of rotatable bonds is 10. The molecule has 0 unspecified atom stereocenters. The Morgan fingerprint density at radius 1 is 1.06 bits per heavy atom. The second-order valence-corrected chi connectivity index (χ2v) is 9.31. The molecule has 2 atom stereocenters. The highest BCUT2D eigenvalue weighted by molar-refractivity contribution is 14.1. The highest BCUT2D eigenvalue weighted by Crippen LogP contribution is 2.24. The van der Waals surface area contributed by atoms with Crippen LogP contribution in [0.1, 0.15) is 39.2 Å². The summed E-state index contributed by atoms with van der Waals surface area (Å²) >= 11 is 14.4. The first-order chi connectivity index (χ1) is 14.7. The van der Waals surface area contributed by atoms with Gasteiger partial charge in [-0.3, -0.25) is 9.59 Å². The van der Waals surface area contributed by atoms with E-state index < -0.39 is 6.04 Å². The van der Waals surface area contributed by atoms with Crippen molar-refractivity contribution >= 4 is 57.6 Å². The highest BCUT2D eigenvalue weighted by atomic mass is 127. The van der Waals surface area contributed by atoms with Crippen molar-refractivity contribution in [2.24, 2.45) is 0 Å². The Hall–Kier alpha value is -1.51. The second kappa shape index (κ2) is 12.5. The van der Waals surface area contributed by atoms with E-state index in [-0.39, 0.29) is 31.0 Å². The van der Waals surface area contributed by atoms with Crippen molar-refractivity contribution in [3.05, 3.63) is 61.6 Å². The van der Waals surface area contributed by atoms with Gasteiger partial charge in [-0.2, -0.15) is 0 Å². The number of nitrogens with one attached hydrogen (secondary N) is 1. The monoisotopic (exact) mass is 576 g/mol. The van der Waals surface area contributed by atoms with Gasteiger partial charge in [0.2, 0.25) is 5.91 Å². The van der Waals surface area contributed by atoms with Crippen LogP contribution in [-0.2, 0) is 16.1 Å². The van der Waals surface area contributed by atoms with Crippen molar-refractivity contribution < 1.29 is 14.3 Å². The topological polar surface area (TPSA) is 58.6 Å². The third kappa shape index (κ3) is 7.84. The lowest BCUT2D eigenvalue weighted by atomic mass is 10.1. The number of ether oxygens (including phenoxy) is 1. The molecule has 0 aliphatic heterocycles. The van der Waals surface area contributed by atoms with Crippen LogP contribution < -0.4 is 10.1 Å². The Balaban J connectivity index is 2.23. The fraction of sp³-hybridized carbons (Fsp3) is 0.391. The largest absolute Gasteiger partial charge is 0.484 e. The van der Waals surface area contributed by atoms with Gasteiger partial charge in [0, 0.05) is 16.2 Å². The first-order valence-electron chi connectivity index (χ1n) is 10.2. The summed E-state index contributed by atoms with van der Waals surface area (Å²) in [5.41, 5.74) is 0.784. The normalized spacial score (nSPS) is 12.7. The maximum atomic E-state index is 13.2. The van der Waals surface area contributed by atoms with Gasteiger partial charge in [-0.1, -0.05) is 43.1 Å². The molecule has 2 aromatic carbocycles. The molecular formula is C23H27Cl2IN2O3. The predicted octanol–water partition coefficient (Wildman–Crippen LogP) is 5.70. The summed E-state index contributed by atoms with van der Waals surface area (Å²) < 4.78 is 6.76. The fourth-order valence-corrected chi connectivity index (χ4v) is 3.63. The van der Waals surface area contributed by atoms with Crippen molar-refractivity contribution in [2.75, 3.05) is 6.61 Å². The van der Waals surface area contributed by atoms with Gasteiger partial charge >= 0.3 is 0 Å². The van der Waals surface area contributed by atoms with Gasteiger partial charge in [-0.05, 0) is 84.3 Å². The molecule has 0 bridgehead atoms. The van der Waals surface area contributed by atoms with Crippen LogP contribution in [0.4, 0.5) is 0 Å². The Labute approximate surface area is 207 Å². The van der Waals surface area contributed by atoms with Crippen LogP contribution in [0.5, 0.6) is 5.75 Å². The summed E-state index contributed by atoms with van der Waals surface area (Å²) in [5, 5.41) is 3.82. The first-order valence-corrected chi connectivity index (χ1v) is 12.0. The number of hydrogen-bond acceptors (Lipinski definition) is 3. The molecular weight excluding hydrogens is 550 g/mol. The lowest BCUT2D eigenvalue weighted by molar-refractivity contribution is -0.143. The van der Waals surface area contributed by atoms with Crippen LogP contribution in [0.3, 0.4) is 0 Å². The zero-order valence-corrected chi connectivity index (χ0v) is 21.5. The van der Waals surface area contributed by atoms with Crippen LogP contribution in [0.15, 0.2) is 42.5 Å². The molecule has 0 aliphatic carbocycles. The number of halogens is 3. The molecule has 2 rings (SSSR count). The molecule has 0 aromatic heterocycles. The number of carbonyl (C=O) groups is 2. The molecule has 168 valence electrons. The van der Waals surface area contributed by atoms with E-state index in [4.69, 9.17) is 27.9 Å². The minimum Gasteiger partial charge on any atom is -0.484 e. The van der Waals surface area contributed by atoms with Crippen LogP contribution in [-0.4, -0.2) is 35.4 Å². The van der Waals surface area contributed by atoms with Crippen LogP contribution in [0.2, 0.25) is 10.0 Å². The van der Waals surface area contributed by atoms with Crippen LogP contribution >= 0.6 is 45.8 Å². The van der Waals surface area contributed by atoms with Gasteiger partial charge in [0.15, 0.2) is 6.61 Å². The van der Waals surface area contributed by atoms with Crippen molar-refractivity contribution in [1.82, 2.24) is 10.2 Å². The quantitative estimate of drug-likeness (QED) is 0.369. The average molecular weight is 577 g/mol. The van der Waals surface area contributed by atoms with Crippen LogP contribution in [0, 0.1) is 3.57 Å². The highest BCUT2D eigenvalue weighted by Gasteiger charge is 2.29. The third-order valence-electron chi connectivity index (χ3n) is 4.90. The fourth-order valence-electron chi connectivity index (χ4n) is 2.95. The van der Waals surface area contributed by atoms with E-state index in [2.05, 4.69) is 27.9 Å². The van der Waals surface area contributed by atoms with Crippen molar-refractivity contribution in [3.8, 4) is 5.75 Å². The molecule has 0 saturated heterocycles. The van der Waals surface area contributed by atoms with E-state index in [0.29, 0.717) is 22.2 Å². The van der Waals surface area contributed by atoms with Crippen molar-refractivity contribution in [2.45, 2.75) is 52.2 Å². The van der Waals surface area contributed by atoms with Crippen molar-refractivity contribution in [3.63, 3.8) is 0 Å². The zero-order chi connectivity index (χ0) is 23.0. The summed E-state index contributed by atoms with van der Waals surface area (Å²) in [6.07, 6.45) is 1.28. The van der Waals surface area contributed by atoms with Gasteiger partial charge < -0.3 is 15.0 Å². The second-order valence-electron chi connectivity index (χ2n) is 7.25. The molecule has 2 aromatic rings. The van der Waals surface area contributed by atoms with Crippen molar-refractivity contribution in [1.29, 1.82) is 0 Å². The summed E-state index contributed by atoms with van der Waals surface area (Å²) in [4.78, 5) is 27.6. The summed E-state index contributed by atoms with van der Waals surface area (Å²) in [6, 6.07) is 12.0. The molecule has 1 N–H and O–H groups in total. The molecule has 2 amide bonds. The number of hydrogen-bond donors (Lipinski definition) is 1. The molecule has 5 nitrogen and oxygen atoms in total. The molecule has 8 heteroatoms. The van der Waals surface area contributed by atoms with E-state index in [1.54, 1.807) is 23.1 Å². The van der Waals surface area contributed by atoms with Crippen LogP contribution in [0.25, 0.3) is 0 Å². The maximum absolute atomic E-state index is 13.2. The van der Waals surface area contributed by atoms with E-state index in [1.807, 2.05) is 45.0 Å². The predicted molar refractivity (Wildman–Crippen MR) is 134 cm³/mol. The lowest BCUT2D eigenvalue weighted by Gasteiger charge is -2.31. The molecule has 0 saturated carbocycles. The number of carbonyl (C=O) groups excluding carboxylic acids is 2. The molecule has 0 heterocycles. The Morgan fingerprint density at radius 2 is 1.74 bits per heavy atom. The van der Waals surface area contributed by atoms with E-state index in [9.17, 15) is 9.59 Å². The maximum Gasteiger partial charge on any atom is 0.261 e. The molecule has 0 spiro atoms. The smallest absolute Gasteiger partial charge is 0.261 e. The Morgan fingerprint density at radius 3 is 2.32 bits per heavy atom. The standard InChI is InChI=1S/C23H27Cl2IN2O3/c1-4-15(3)27-23(30)21(5-2)28(13-16-6-11-19(24)20(25)12-16)22(29)14-31-18-9-7-17(26)8-10-18/h6-12,15,21H,4-5,13-14H2,1-3H3,(H,27,30)/t15-,21-/m0/s1. The van der Waals surface area contributed by atoms with E-state index in [1.165, 1.54) is 0 Å².